The molecule has 2 N–H and O–H groups in total. The van der Waals surface area contributed by atoms with Crippen molar-refractivity contribution < 1.29 is 0 Å². The molecule has 0 unspecified atom stereocenters. The van der Waals surface area contributed by atoms with E-state index in [0.717, 1.165) is 23.5 Å². The minimum Gasteiger partial charge on any atom is -0.357 e. The van der Waals surface area contributed by atoms with E-state index in [-0.39, 0.29) is 0 Å². The molecule has 0 spiro atoms. The largest absolute Gasteiger partial charge is 0.357 e. The van der Waals surface area contributed by atoms with Crippen LogP contribution in [0.4, 0.5) is 0 Å². The van der Waals surface area contributed by atoms with Crippen molar-refractivity contribution in [2.24, 2.45) is 10.9 Å². The summed E-state index contributed by atoms with van der Waals surface area (Å²) in [4.78, 5) is 4.57. The van der Waals surface area contributed by atoms with Crippen molar-refractivity contribution >= 4 is 21.9 Å². The van der Waals surface area contributed by atoms with Gasteiger partial charge in [0, 0.05) is 17.6 Å². The Bertz CT molecular complexity index is 388. The van der Waals surface area contributed by atoms with Crippen LogP contribution in [0.3, 0.4) is 0 Å². The molecular formula is C14H22BrN3. The van der Waals surface area contributed by atoms with Gasteiger partial charge in [0.1, 0.15) is 0 Å². The van der Waals surface area contributed by atoms with Crippen LogP contribution < -0.4 is 10.6 Å². The van der Waals surface area contributed by atoms with Gasteiger partial charge in [-0.2, -0.15) is 0 Å². The first kappa shape index (κ1) is 15.0. The first-order valence-corrected chi connectivity index (χ1v) is 7.17. The maximum atomic E-state index is 4.57. The van der Waals surface area contributed by atoms with E-state index < -0.39 is 0 Å². The van der Waals surface area contributed by atoms with Crippen LogP contribution in [-0.2, 0) is 6.54 Å². The molecule has 0 fully saturated rings. The Labute approximate surface area is 118 Å². The van der Waals surface area contributed by atoms with Crippen LogP contribution in [0, 0.1) is 5.92 Å². The maximum absolute atomic E-state index is 4.57. The van der Waals surface area contributed by atoms with Crippen LogP contribution in [0.2, 0.25) is 0 Å². The SMILES string of the molecule is CCNC(=NCc1cccc(Br)c1)NCC(C)C. The fourth-order valence-corrected chi connectivity index (χ4v) is 1.89. The Morgan fingerprint density at radius 3 is 2.72 bits per heavy atom. The third kappa shape index (κ3) is 6.05. The Balaban J connectivity index is 2.59. The molecule has 0 radical (unpaired) electrons. The number of halogens is 1. The van der Waals surface area contributed by atoms with Crippen LogP contribution >= 0.6 is 15.9 Å². The Morgan fingerprint density at radius 2 is 2.11 bits per heavy atom. The van der Waals surface area contributed by atoms with Crippen LogP contribution in [0.5, 0.6) is 0 Å². The average Bonchev–Trinajstić information content (AvgIpc) is 2.32. The molecule has 0 saturated carbocycles. The van der Waals surface area contributed by atoms with Crippen LogP contribution in [-0.4, -0.2) is 19.0 Å². The minimum absolute atomic E-state index is 0.611. The molecule has 1 aromatic rings. The summed E-state index contributed by atoms with van der Waals surface area (Å²) < 4.78 is 1.09. The quantitative estimate of drug-likeness (QED) is 0.647. The summed E-state index contributed by atoms with van der Waals surface area (Å²) in [7, 11) is 0. The number of nitrogens with one attached hydrogen (secondary N) is 2. The molecular weight excluding hydrogens is 290 g/mol. The molecule has 0 aliphatic rings. The van der Waals surface area contributed by atoms with Gasteiger partial charge >= 0.3 is 0 Å². The predicted octanol–water partition coefficient (Wildman–Crippen LogP) is 3.16. The fourth-order valence-electron chi connectivity index (χ4n) is 1.45. The molecule has 0 amide bonds. The fraction of sp³-hybridized carbons (Fsp3) is 0.500. The van der Waals surface area contributed by atoms with Crippen molar-refractivity contribution in [2.75, 3.05) is 13.1 Å². The molecule has 1 aromatic carbocycles. The van der Waals surface area contributed by atoms with Gasteiger partial charge in [0.05, 0.1) is 6.54 Å². The number of hydrogen-bond acceptors (Lipinski definition) is 1. The molecule has 0 bridgehead atoms. The smallest absolute Gasteiger partial charge is 0.191 e. The summed E-state index contributed by atoms with van der Waals surface area (Å²) in [5.74, 6) is 1.49. The highest BCUT2D eigenvalue weighted by atomic mass is 79.9. The van der Waals surface area contributed by atoms with Crippen LogP contribution in [0.15, 0.2) is 33.7 Å². The first-order chi connectivity index (χ1) is 8.61. The van der Waals surface area contributed by atoms with E-state index in [1.165, 1.54) is 5.56 Å². The van der Waals surface area contributed by atoms with E-state index in [1.807, 2.05) is 12.1 Å². The zero-order chi connectivity index (χ0) is 13.4. The average molecular weight is 312 g/mol. The topological polar surface area (TPSA) is 36.4 Å². The van der Waals surface area contributed by atoms with Gasteiger partial charge in [-0.1, -0.05) is 41.9 Å². The van der Waals surface area contributed by atoms with Crippen molar-refractivity contribution in [1.82, 2.24) is 10.6 Å². The minimum atomic E-state index is 0.611. The summed E-state index contributed by atoms with van der Waals surface area (Å²) in [5.41, 5.74) is 1.20. The van der Waals surface area contributed by atoms with Crippen molar-refractivity contribution in [3.8, 4) is 0 Å². The summed E-state index contributed by atoms with van der Waals surface area (Å²) in [6, 6.07) is 8.23. The van der Waals surface area contributed by atoms with Crippen molar-refractivity contribution in [3.63, 3.8) is 0 Å². The molecule has 18 heavy (non-hydrogen) atoms. The van der Waals surface area contributed by atoms with Gasteiger partial charge in [0.15, 0.2) is 5.96 Å². The number of rotatable bonds is 5. The number of hydrogen-bond donors (Lipinski definition) is 2. The van der Waals surface area contributed by atoms with Gasteiger partial charge in [-0.05, 0) is 30.5 Å². The van der Waals surface area contributed by atoms with Gasteiger partial charge in [0.25, 0.3) is 0 Å². The number of benzene rings is 1. The molecule has 0 aliphatic heterocycles. The molecule has 0 aliphatic carbocycles. The lowest BCUT2D eigenvalue weighted by Gasteiger charge is -2.12. The molecule has 0 aromatic heterocycles. The van der Waals surface area contributed by atoms with E-state index >= 15 is 0 Å². The van der Waals surface area contributed by atoms with Gasteiger partial charge in [-0.25, -0.2) is 4.99 Å². The second-order valence-electron chi connectivity index (χ2n) is 4.60. The molecule has 1 rings (SSSR count). The summed E-state index contributed by atoms with van der Waals surface area (Å²) in [5, 5.41) is 6.58. The zero-order valence-electron chi connectivity index (χ0n) is 11.3. The lowest BCUT2D eigenvalue weighted by Crippen LogP contribution is -2.39. The normalized spacial score (nSPS) is 11.7. The van der Waals surface area contributed by atoms with Gasteiger partial charge in [-0.15, -0.1) is 0 Å². The summed E-state index contributed by atoms with van der Waals surface area (Å²) in [6.07, 6.45) is 0. The lowest BCUT2D eigenvalue weighted by molar-refractivity contribution is 0.615. The second-order valence-corrected chi connectivity index (χ2v) is 5.52. The van der Waals surface area contributed by atoms with Gasteiger partial charge in [0.2, 0.25) is 0 Å². The van der Waals surface area contributed by atoms with E-state index in [4.69, 9.17) is 0 Å². The summed E-state index contributed by atoms with van der Waals surface area (Å²) in [6.45, 7) is 8.95. The molecule has 100 valence electrons. The Morgan fingerprint density at radius 1 is 1.33 bits per heavy atom. The lowest BCUT2D eigenvalue weighted by atomic mass is 10.2. The summed E-state index contributed by atoms with van der Waals surface area (Å²) >= 11 is 3.47. The van der Waals surface area contributed by atoms with E-state index in [0.29, 0.717) is 12.5 Å². The van der Waals surface area contributed by atoms with Crippen LogP contribution in [0.1, 0.15) is 26.3 Å². The molecule has 3 nitrogen and oxygen atoms in total. The molecule has 0 atom stereocenters. The monoisotopic (exact) mass is 311 g/mol. The predicted molar refractivity (Wildman–Crippen MR) is 81.8 cm³/mol. The zero-order valence-corrected chi connectivity index (χ0v) is 12.9. The standard InChI is InChI=1S/C14H22BrN3/c1-4-16-14(17-9-11(2)3)18-10-12-6-5-7-13(15)8-12/h5-8,11H,4,9-10H2,1-3H3,(H2,16,17,18). The highest BCUT2D eigenvalue weighted by Crippen LogP contribution is 2.12. The highest BCUT2D eigenvalue weighted by molar-refractivity contribution is 9.10. The highest BCUT2D eigenvalue weighted by Gasteiger charge is 1.99. The van der Waals surface area contributed by atoms with E-state index in [1.54, 1.807) is 0 Å². The van der Waals surface area contributed by atoms with Crippen LogP contribution in [0.25, 0.3) is 0 Å². The van der Waals surface area contributed by atoms with E-state index in [9.17, 15) is 0 Å². The third-order valence-corrected chi connectivity index (χ3v) is 2.82. The van der Waals surface area contributed by atoms with E-state index in [2.05, 4.69) is 64.5 Å². The number of guanidine groups is 1. The number of aliphatic imine (C=N–C) groups is 1. The molecule has 4 heteroatoms. The third-order valence-electron chi connectivity index (χ3n) is 2.33. The van der Waals surface area contributed by atoms with Gasteiger partial charge < -0.3 is 10.6 Å². The van der Waals surface area contributed by atoms with Crippen molar-refractivity contribution in [1.29, 1.82) is 0 Å². The Hall–Kier alpha value is -1.03. The van der Waals surface area contributed by atoms with Crippen molar-refractivity contribution in [3.05, 3.63) is 34.3 Å². The number of nitrogens with zero attached hydrogens (tertiary/aromatic N) is 1. The maximum Gasteiger partial charge on any atom is 0.191 e. The second kappa shape index (κ2) is 8.14. The molecule has 0 saturated heterocycles. The van der Waals surface area contributed by atoms with Crippen molar-refractivity contribution in [2.45, 2.75) is 27.3 Å². The molecule has 0 heterocycles. The Kier molecular flexibility index (Phi) is 6.80. The van der Waals surface area contributed by atoms with Gasteiger partial charge in [-0.3, -0.25) is 0 Å². The first-order valence-electron chi connectivity index (χ1n) is 6.38.